The molecule has 4 heterocycles. The summed E-state index contributed by atoms with van der Waals surface area (Å²) in [5, 5.41) is 11.0. The lowest BCUT2D eigenvalue weighted by atomic mass is 10.1. The van der Waals surface area contributed by atoms with Gasteiger partial charge in [-0.05, 0) is 25.5 Å². The molecule has 14 heteroatoms. The Morgan fingerprint density at radius 2 is 2.03 bits per heavy atom. The van der Waals surface area contributed by atoms with Crippen molar-refractivity contribution in [3.8, 4) is 0 Å². The number of halogens is 2. The Balaban J connectivity index is 1.73. The third kappa shape index (κ3) is 4.73. The Bertz CT molecular complexity index is 1450. The molecule has 3 N–H and O–H groups in total. The summed E-state index contributed by atoms with van der Waals surface area (Å²) in [7, 11) is -3.18. The number of amides is 1. The monoisotopic (exact) mass is 522 g/mol. The molecule has 0 aromatic carbocycles. The summed E-state index contributed by atoms with van der Waals surface area (Å²) in [6.07, 6.45) is 4.15. The van der Waals surface area contributed by atoms with Crippen LogP contribution in [0.4, 0.5) is 10.2 Å². The maximum absolute atomic E-state index is 14.5. The molecule has 0 radical (unpaired) electrons. The zero-order valence-electron chi connectivity index (χ0n) is 19.1. The van der Waals surface area contributed by atoms with Crippen molar-refractivity contribution in [2.24, 2.45) is 0 Å². The largest absolute Gasteiger partial charge is 0.381 e. The predicted molar refractivity (Wildman–Crippen MR) is 131 cm³/mol. The first-order valence-electron chi connectivity index (χ1n) is 10.6. The molecule has 3 aromatic heterocycles. The highest BCUT2D eigenvalue weighted by Crippen LogP contribution is 2.28. The van der Waals surface area contributed by atoms with E-state index < -0.39 is 27.6 Å². The molecule has 0 unspecified atom stereocenters. The number of fused-ring (bicyclic) bond motifs is 1. The molecule has 11 nitrogen and oxygen atoms in total. The smallest absolute Gasteiger partial charge is 0.259 e. The van der Waals surface area contributed by atoms with Gasteiger partial charge in [-0.3, -0.25) is 4.79 Å². The molecule has 1 saturated heterocycles. The molecular formula is C21H24ClFN8O3S. The average Bonchev–Trinajstić information content (AvgIpc) is 3.33. The van der Waals surface area contributed by atoms with Crippen molar-refractivity contribution < 1.29 is 17.6 Å². The van der Waals surface area contributed by atoms with Crippen LogP contribution < -0.4 is 11.1 Å². The minimum atomic E-state index is -3.18. The van der Waals surface area contributed by atoms with E-state index in [1.165, 1.54) is 15.4 Å². The van der Waals surface area contributed by atoms with Crippen molar-refractivity contribution in [2.75, 3.05) is 30.3 Å². The van der Waals surface area contributed by atoms with E-state index in [-0.39, 0.29) is 46.7 Å². The number of aromatic nitrogens is 5. The van der Waals surface area contributed by atoms with Crippen LogP contribution in [-0.4, -0.2) is 74.2 Å². The maximum Gasteiger partial charge on any atom is 0.259 e. The lowest BCUT2D eigenvalue weighted by Gasteiger charge is -2.34. The Morgan fingerprint density at radius 3 is 2.69 bits per heavy atom. The molecule has 1 fully saturated rings. The summed E-state index contributed by atoms with van der Waals surface area (Å²) >= 11 is 6.06. The number of nitrogens with zero attached hydrogens (tertiary/aromatic N) is 6. The second kappa shape index (κ2) is 9.30. The van der Waals surface area contributed by atoms with E-state index in [0.29, 0.717) is 17.0 Å². The van der Waals surface area contributed by atoms with E-state index >= 15 is 0 Å². The van der Waals surface area contributed by atoms with Crippen molar-refractivity contribution in [3.05, 3.63) is 53.9 Å². The topological polar surface area (TPSA) is 141 Å². The summed E-state index contributed by atoms with van der Waals surface area (Å²) in [4.78, 5) is 19.1. The van der Waals surface area contributed by atoms with Gasteiger partial charge in [-0.15, -0.1) is 5.10 Å². The predicted octanol–water partition coefficient (Wildman–Crippen LogP) is 1.59. The molecule has 186 valence electrons. The summed E-state index contributed by atoms with van der Waals surface area (Å²) in [6, 6.07) is 1.06. The molecule has 3 aromatic rings. The molecule has 1 atom stereocenters. The number of nitrogen functional groups attached to an aromatic ring is 1. The second-order valence-electron chi connectivity index (χ2n) is 8.15. The van der Waals surface area contributed by atoms with Crippen LogP contribution in [0.5, 0.6) is 0 Å². The van der Waals surface area contributed by atoms with Crippen LogP contribution in [0, 0.1) is 5.82 Å². The van der Waals surface area contributed by atoms with Crippen LogP contribution in [0.25, 0.3) is 16.5 Å². The number of nitrogens with one attached hydrogen (secondary N) is 1. The number of hydrogen-bond acceptors (Lipinski definition) is 8. The Kier molecular flexibility index (Phi) is 6.56. The number of sulfone groups is 1. The van der Waals surface area contributed by atoms with E-state index in [1.807, 2.05) is 0 Å². The quantitative estimate of drug-likeness (QED) is 0.497. The van der Waals surface area contributed by atoms with E-state index in [2.05, 4.69) is 27.1 Å². The fourth-order valence-corrected chi connectivity index (χ4v) is 5.27. The van der Waals surface area contributed by atoms with Crippen LogP contribution in [0.15, 0.2) is 36.8 Å². The van der Waals surface area contributed by atoms with Gasteiger partial charge in [0.05, 0.1) is 28.8 Å². The first kappa shape index (κ1) is 24.7. The Labute approximate surface area is 206 Å². The van der Waals surface area contributed by atoms with Crippen LogP contribution in [-0.2, 0) is 9.84 Å². The van der Waals surface area contributed by atoms with Gasteiger partial charge in [0.25, 0.3) is 5.91 Å². The van der Waals surface area contributed by atoms with Crippen molar-refractivity contribution in [1.29, 1.82) is 0 Å². The van der Waals surface area contributed by atoms with Gasteiger partial charge in [0.1, 0.15) is 17.1 Å². The fourth-order valence-electron chi connectivity index (χ4n) is 3.90. The van der Waals surface area contributed by atoms with E-state index in [9.17, 15) is 17.6 Å². The Morgan fingerprint density at radius 1 is 1.34 bits per heavy atom. The second-order valence-corrected chi connectivity index (χ2v) is 10.9. The van der Waals surface area contributed by atoms with Gasteiger partial charge in [-0.2, -0.15) is 5.10 Å². The molecule has 0 saturated carbocycles. The third-order valence-corrected chi connectivity index (χ3v) is 7.61. The Hall–Kier alpha value is -3.45. The molecule has 0 aliphatic carbocycles. The fraction of sp³-hybridized carbons (Fsp3) is 0.333. The van der Waals surface area contributed by atoms with Crippen molar-refractivity contribution in [2.45, 2.75) is 19.9 Å². The van der Waals surface area contributed by atoms with Crippen molar-refractivity contribution >= 4 is 49.7 Å². The lowest BCUT2D eigenvalue weighted by molar-refractivity contribution is 0.0947. The molecule has 0 spiro atoms. The molecule has 4 rings (SSSR count). The third-order valence-electron chi connectivity index (χ3n) is 5.83. The molecule has 1 aliphatic rings. The van der Waals surface area contributed by atoms with Crippen molar-refractivity contribution in [3.63, 3.8) is 0 Å². The number of nitrogens with two attached hydrogens (primary N) is 1. The van der Waals surface area contributed by atoms with Gasteiger partial charge in [0.15, 0.2) is 27.1 Å². The maximum atomic E-state index is 14.5. The number of rotatable bonds is 6. The zero-order valence-corrected chi connectivity index (χ0v) is 20.6. The summed E-state index contributed by atoms with van der Waals surface area (Å²) in [5.74, 6) is -0.906. The number of hydrogen-bond donors (Lipinski definition) is 2. The molecule has 35 heavy (non-hydrogen) atoms. The molecule has 1 aliphatic heterocycles. The summed E-state index contributed by atoms with van der Waals surface area (Å²) in [6.45, 7) is 7.42. The van der Waals surface area contributed by atoms with Crippen LogP contribution >= 0.6 is 11.6 Å². The zero-order chi connectivity index (χ0) is 25.5. The number of carbonyl (C=O) groups excluding carboxylic acids is 1. The van der Waals surface area contributed by atoms with Gasteiger partial charge in [0, 0.05) is 25.5 Å². The van der Waals surface area contributed by atoms with Crippen LogP contribution in [0.2, 0.25) is 0 Å². The standard InChI is InChI=1S/C21H24ClFN8O3S/c1-12(14(3)27-20(32)16-18(24)28-30-6-4-5-25-19(16)30)21(29-7-9-35(33,34)10-8-29)31-17(13(2)22)15(23)11-26-31/h4-6,11,14H,2,7-10H2,1,3H3,(H2,24,28)(H,27,32)/b21-12+/t14-/m0/s1. The molecule has 1 amide bonds. The molecule has 0 bridgehead atoms. The van der Waals surface area contributed by atoms with Gasteiger partial charge in [-0.25, -0.2) is 27.0 Å². The van der Waals surface area contributed by atoms with E-state index in [4.69, 9.17) is 17.3 Å². The highest BCUT2D eigenvalue weighted by atomic mass is 35.5. The van der Waals surface area contributed by atoms with Gasteiger partial charge >= 0.3 is 0 Å². The lowest BCUT2D eigenvalue weighted by Crippen LogP contribution is -2.43. The van der Waals surface area contributed by atoms with Crippen LogP contribution in [0.1, 0.15) is 29.9 Å². The number of carbonyl (C=O) groups is 1. The first-order valence-corrected chi connectivity index (χ1v) is 12.8. The summed E-state index contributed by atoms with van der Waals surface area (Å²) < 4.78 is 41.2. The SMILES string of the molecule is C=C(Cl)c1c(F)cnn1/C(=C(\C)[C@H](C)NC(=O)c1c(N)nn2cccnc12)N1CCS(=O)(=O)CC1. The highest BCUT2D eigenvalue weighted by Gasteiger charge is 2.30. The summed E-state index contributed by atoms with van der Waals surface area (Å²) in [5.41, 5.74) is 6.92. The van der Waals surface area contributed by atoms with Gasteiger partial charge in [-0.1, -0.05) is 18.2 Å². The minimum Gasteiger partial charge on any atom is -0.381 e. The number of anilines is 1. The first-order chi connectivity index (χ1) is 16.5. The van der Waals surface area contributed by atoms with Gasteiger partial charge < -0.3 is 16.0 Å². The van der Waals surface area contributed by atoms with Gasteiger partial charge in [0.2, 0.25) is 0 Å². The van der Waals surface area contributed by atoms with Crippen LogP contribution in [0.3, 0.4) is 0 Å². The van der Waals surface area contributed by atoms with Crippen molar-refractivity contribution in [1.82, 2.24) is 34.6 Å². The normalized spacial score (nSPS) is 17.2. The minimum absolute atomic E-state index is 0.0198. The van der Waals surface area contributed by atoms with E-state index in [0.717, 1.165) is 6.20 Å². The average molecular weight is 523 g/mol. The van der Waals surface area contributed by atoms with E-state index in [1.54, 1.807) is 31.0 Å². The highest BCUT2D eigenvalue weighted by molar-refractivity contribution is 7.91. The molecular weight excluding hydrogens is 499 g/mol.